The van der Waals surface area contributed by atoms with Crippen LogP contribution in [0.1, 0.15) is 13.9 Å². The molecule has 0 saturated carbocycles. The highest BCUT2D eigenvalue weighted by molar-refractivity contribution is 5.20. The van der Waals surface area contributed by atoms with Crippen LogP contribution in [0.4, 0.5) is 0 Å². The summed E-state index contributed by atoms with van der Waals surface area (Å²) in [7, 11) is 1.36. The third-order valence-electron chi connectivity index (χ3n) is 1.27. The van der Waals surface area contributed by atoms with Crippen molar-refractivity contribution in [1.82, 2.24) is 0 Å². The second-order valence-electron chi connectivity index (χ2n) is 2.17. The summed E-state index contributed by atoms with van der Waals surface area (Å²) in [5.41, 5.74) is 1.67. The summed E-state index contributed by atoms with van der Waals surface area (Å²) in [6.07, 6.45) is 0. The van der Waals surface area contributed by atoms with Gasteiger partial charge in [0.1, 0.15) is 0 Å². The fourth-order valence-electron chi connectivity index (χ4n) is 0.739. The van der Waals surface area contributed by atoms with E-state index in [0.29, 0.717) is 5.56 Å². The van der Waals surface area contributed by atoms with Crippen molar-refractivity contribution >= 4 is 0 Å². The molecule has 1 aromatic carbocycles. The molecule has 54 valence electrons. The molecule has 0 radical (unpaired) electrons. The first kappa shape index (κ1) is 4.91. The van der Waals surface area contributed by atoms with Crippen LogP contribution in [-0.4, -0.2) is 7.11 Å². The van der Waals surface area contributed by atoms with Gasteiger partial charge in [-0.05, 0) is 12.5 Å². The number of methoxy groups -OCH3 is 1. The van der Waals surface area contributed by atoms with Crippen LogP contribution < -0.4 is 0 Å². The van der Waals surface area contributed by atoms with Crippen molar-refractivity contribution in [2.45, 2.75) is 13.5 Å². The van der Waals surface area contributed by atoms with Crippen LogP contribution in [0.25, 0.3) is 0 Å². The Bertz CT molecular complexity index is 254. The predicted molar refractivity (Wildman–Crippen MR) is 41.9 cm³/mol. The zero-order valence-corrected chi connectivity index (χ0v) is 6.22. The molecule has 0 saturated heterocycles. The molecule has 0 aliphatic carbocycles. The van der Waals surface area contributed by atoms with Crippen LogP contribution in [0.15, 0.2) is 24.3 Å². The molecule has 0 amide bonds. The Balaban J connectivity index is 2.96. The highest BCUT2D eigenvalue weighted by Gasteiger charge is 1.88. The van der Waals surface area contributed by atoms with Gasteiger partial charge in [-0.25, -0.2) is 0 Å². The number of hydrogen-bond donors (Lipinski definition) is 0. The molecule has 0 aromatic heterocycles. The highest BCUT2D eigenvalue weighted by atomic mass is 16.5. The molecule has 1 aromatic rings. The minimum atomic E-state index is -1.67. The molecule has 10 heavy (non-hydrogen) atoms. The van der Waals surface area contributed by atoms with Crippen molar-refractivity contribution in [3.05, 3.63) is 35.4 Å². The van der Waals surface area contributed by atoms with Gasteiger partial charge in [-0.15, -0.1) is 0 Å². The Labute approximate surface area is 64.4 Å². The summed E-state index contributed by atoms with van der Waals surface area (Å²) in [4.78, 5) is 0. The van der Waals surface area contributed by atoms with Gasteiger partial charge < -0.3 is 4.74 Å². The monoisotopic (exact) mass is 138 g/mol. The van der Waals surface area contributed by atoms with E-state index in [1.54, 1.807) is 12.1 Å². The Hall–Kier alpha value is -0.820. The first-order chi connectivity index (χ1) is 5.56. The van der Waals surface area contributed by atoms with Crippen molar-refractivity contribution < 1.29 is 7.48 Å². The lowest BCUT2D eigenvalue weighted by Gasteiger charge is -1.98. The van der Waals surface area contributed by atoms with E-state index in [4.69, 9.17) is 7.48 Å². The lowest BCUT2D eigenvalue weighted by Crippen LogP contribution is -1.85. The summed E-state index contributed by atoms with van der Waals surface area (Å²) in [5.74, 6) is 0. The molecule has 0 heterocycles. The fourth-order valence-corrected chi connectivity index (χ4v) is 0.739. The lowest BCUT2D eigenvalue weighted by molar-refractivity contribution is 0.185. The predicted octanol–water partition coefficient (Wildman–Crippen LogP) is 2.14. The topological polar surface area (TPSA) is 9.23 Å². The zero-order valence-electron chi connectivity index (χ0n) is 8.22. The average Bonchev–Trinajstić information content (AvgIpc) is 2.05. The smallest absolute Gasteiger partial charge is 0.0713 e. The molecule has 0 unspecified atom stereocenters. The van der Waals surface area contributed by atoms with E-state index in [2.05, 4.69) is 0 Å². The quantitative estimate of drug-likeness (QED) is 0.608. The van der Waals surface area contributed by atoms with Gasteiger partial charge in [-0.3, -0.25) is 0 Å². The number of rotatable bonds is 2. The highest BCUT2D eigenvalue weighted by Crippen LogP contribution is 2.03. The number of ether oxygens (including phenoxy) is 1. The molecule has 1 nitrogen and oxygen atoms in total. The van der Waals surface area contributed by atoms with Gasteiger partial charge >= 0.3 is 0 Å². The average molecular weight is 138 g/mol. The minimum Gasteiger partial charge on any atom is -0.380 e. The molecule has 1 heteroatoms. The van der Waals surface area contributed by atoms with Crippen molar-refractivity contribution in [3.63, 3.8) is 0 Å². The van der Waals surface area contributed by atoms with Gasteiger partial charge in [0.2, 0.25) is 0 Å². The van der Waals surface area contributed by atoms with E-state index in [9.17, 15) is 0 Å². The Morgan fingerprint density at radius 1 is 1.40 bits per heavy atom. The van der Waals surface area contributed by atoms with E-state index >= 15 is 0 Å². The maximum atomic E-state index is 7.43. The number of benzene rings is 1. The zero-order chi connectivity index (χ0) is 9.19. The van der Waals surface area contributed by atoms with Crippen molar-refractivity contribution in [2.24, 2.45) is 0 Å². The van der Waals surface area contributed by atoms with Gasteiger partial charge in [-0.2, -0.15) is 0 Å². The summed E-state index contributed by atoms with van der Waals surface area (Å²) < 4.78 is 19.6. The van der Waals surface area contributed by atoms with Gasteiger partial charge in [0.25, 0.3) is 0 Å². The second kappa shape index (κ2) is 3.37. The van der Waals surface area contributed by atoms with E-state index in [1.165, 1.54) is 7.11 Å². The van der Waals surface area contributed by atoms with E-state index < -0.39 is 6.56 Å². The molecule has 0 bridgehead atoms. The van der Waals surface area contributed by atoms with Crippen LogP contribution in [-0.2, 0) is 11.3 Å². The molecule has 0 fully saturated rings. The van der Waals surface area contributed by atoms with Gasteiger partial charge in [0.05, 0.1) is 9.30 Å². The molecule has 0 spiro atoms. The fraction of sp³-hybridized carbons (Fsp3) is 0.333. The molecular formula is C9H12O. The molecule has 0 aliphatic heterocycles. The summed E-state index contributed by atoms with van der Waals surface area (Å²) in [5, 5.41) is 0. The summed E-state index contributed by atoms with van der Waals surface area (Å²) >= 11 is 0. The third kappa shape index (κ3) is 1.85. The summed E-state index contributed by atoms with van der Waals surface area (Å²) in [6.45, 7) is 0.292. The molecule has 1 rings (SSSR count). The van der Waals surface area contributed by atoms with Crippen LogP contribution in [0.5, 0.6) is 0 Å². The molecular weight excluding hydrogens is 124 g/mol. The van der Waals surface area contributed by atoms with Crippen LogP contribution >= 0.6 is 0 Å². The maximum Gasteiger partial charge on any atom is 0.0713 e. The normalized spacial score (nSPS) is 14.2. The maximum absolute atomic E-state index is 7.43. The number of hydrogen-bond acceptors (Lipinski definition) is 1. The third-order valence-corrected chi connectivity index (χ3v) is 1.27. The van der Waals surface area contributed by atoms with Crippen molar-refractivity contribution in [1.29, 1.82) is 0 Å². The van der Waals surface area contributed by atoms with Crippen LogP contribution in [0, 0.1) is 6.92 Å². The molecule has 0 N–H and O–H groups in total. The largest absolute Gasteiger partial charge is 0.380 e. The van der Waals surface area contributed by atoms with Gasteiger partial charge in [0.15, 0.2) is 0 Å². The minimum absolute atomic E-state index is 0.551. The van der Waals surface area contributed by atoms with Crippen molar-refractivity contribution in [2.75, 3.05) is 7.11 Å². The van der Waals surface area contributed by atoms with Crippen molar-refractivity contribution in [3.8, 4) is 0 Å². The standard InChI is InChI=1S/C9H12O/c1-8-3-5-9(6-4-8)7-10-2/h3-6H,7H2,1-2H3/i7D2. The van der Waals surface area contributed by atoms with E-state index in [-0.39, 0.29) is 0 Å². The Morgan fingerprint density at radius 3 is 2.50 bits per heavy atom. The van der Waals surface area contributed by atoms with Gasteiger partial charge in [-0.1, -0.05) is 29.8 Å². The van der Waals surface area contributed by atoms with Crippen LogP contribution in [0.3, 0.4) is 0 Å². The SMILES string of the molecule is [2H]C([2H])(OC)c1ccc(C)cc1. The van der Waals surface area contributed by atoms with E-state index in [0.717, 1.165) is 5.56 Å². The molecule has 0 atom stereocenters. The number of aryl methyl sites for hydroxylation is 1. The Kier molecular flexibility index (Phi) is 1.66. The lowest BCUT2D eigenvalue weighted by atomic mass is 10.2. The summed E-state index contributed by atoms with van der Waals surface area (Å²) in [6, 6.07) is 7.20. The van der Waals surface area contributed by atoms with Gasteiger partial charge in [0, 0.05) is 7.11 Å². The first-order valence-corrected chi connectivity index (χ1v) is 3.18. The first-order valence-electron chi connectivity index (χ1n) is 4.18. The molecule has 0 aliphatic rings. The van der Waals surface area contributed by atoms with E-state index in [1.807, 2.05) is 19.1 Å². The second-order valence-corrected chi connectivity index (χ2v) is 2.17. The van der Waals surface area contributed by atoms with Crippen LogP contribution in [0.2, 0.25) is 0 Å². The Morgan fingerprint density at radius 2 is 2.00 bits per heavy atom.